The van der Waals surface area contributed by atoms with Gasteiger partial charge in [0, 0.05) is 0 Å². The molecule has 1 aromatic carbocycles. The second-order valence-corrected chi connectivity index (χ2v) is 3.94. The smallest absolute Gasteiger partial charge is 0.182 e. The van der Waals surface area contributed by atoms with Gasteiger partial charge in [-0.2, -0.15) is 5.26 Å². The van der Waals surface area contributed by atoms with Crippen molar-refractivity contribution < 1.29 is 4.74 Å². The lowest BCUT2D eigenvalue weighted by Crippen LogP contribution is -2.14. The van der Waals surface area contributed by atoms with Gasteiger partial charge in [0.2, 0.25) is 0 Å². The third-order valence-electron chi connectivity index (χ3n) is 2.43. The van der Waals surface area contributed by atoms with E-state index in [0.717, 1.165) is 5.75 Å². The highest BCUT2D eigenvalue weighted by Gasteiger charge is 2.01. The number of aryl methyl sites for hydroxylation is 2. The van der Waals surface area contributed by atoms with Gasteiger partial charge < -0.3 is 4.74 Å². The molecule has 4 heteroatoms. The van der Waals surface area contributed by atoms with Gasteiger partial charge in [0.25, 0.3) is 0 Å². The standard InChI is InChI=1S/C13H17N3O/c1-10-4-5-13(6-11(10)2)17-7-12(3)16-9-15-8-14/h4-6,9,12H,7H2,1-3H3,(H,15,16)/t12-/m0/s1. The molecule has 0 amide bonds. The fourth-order valence-corrected chi connectivity index (χ4v) is 1.26. The Morgan fingerprint density at radius 3 is 2.88 bits per heavy atom. The highest BCUT2D eigenvalue weighted by molar-refractivity contribution is 5.56. The van der Waals surface area contributed by atoms with Crippen LogP contribution < -0.4 is 10.1 Å². The monoisotopic (exact) mass is 231 g/mol. The molecule has 0 radical (unpaired) electrons. The summed E-state index contributed by atoms with van der Waals surface area (Å²) in [6, 6.07) is 6.01. The van der Waals surface area contributed by atoms with Crippen molar-refractivity contribution in [2.24, 2.45) is 4.99 Å². The summed E-state index contributed by atoms with van der Waals surface area (Å²) in [7, 11) is 0. The van der Waals surface area contributed by atoms with E-state index >= 15 is 0 Å². The van der Waals surface area contributed by atoms with Gasteiger partial charge in [-0.15, -0.1) is 0 Å². The second-order valence-electron chi connectivity index (χ2n) is 3.94. The Morgan fingerprint density at radius 2 is 2.24 bits per heavy atom. The molecule has 0 aliphatic rings. The second kappa shape index (κ2) is 6.54. The van der Waals surface area contributed by atoms with E-state index in [9.17, 15) is 0 Å². The molecule has 0 spiro atoms. The highest BCUT2D eigenvalue weighted by Crippen LogP contribution is 2.16. The van der Waals surface area contributed by atoms with Crippen LogP contribution in [-0.2, 0) is 0 Å². The van der Waals surface area contributed by atoms with E-state index in [4.69, 9.17) is 10.00 Å². The predicted octanol–water partition coefficient (Wildman–Crippen LogP) is 2.17. The fraction of sp³-hybridized carbons (Fsp3) is 0.385. The topological polar surface area (TPSA) is 57.4 Å². The van der Waals surface area contributed by atoms with Crippen molar-refractivity contribution in [3.05, 3.63) is 29.3 Å². The zero-order valence-corrected chi connectivity index (χ0v) is 10.4. The molecule has 0 unspecified atom stereocenters. The van der Waals surface area contributed by atoms with E-state index in [1.165, 1.54) is 17.5 Å². The van der Waals surface area contributed by atoms with E-state index in [2.05, 4.69) is 24.2 Å². The summed E-state index contributed by atoms with van der Waals surface area (Å²) >= 11 is 0. The van der Waals surface area contributed by atoms with E-state index in [-0.39, 0.29) is 6.04 Å². The summed E-state index contributed by atoms with van der Waals surface area (Å²) in [6.45, 7) is 6.54. The van der Waals surface area contributed by atoms with Crippen LogP contribution in [-0.4, -0.2) is 19.0 Å². The third kappa shape index (κ3) is 4.56. The molecule has 0 heterocycles. The Hall–Kier alpha value is -2.02. The first-order chi connectivity index (χ1) is 8.13. The van der Waals surface area contributed by atoms with Crippen LogP contribution in [0, 0.1) is 25.3 Å². The normalized spacial score (nSPS) is 12.1. The maximum Gasteiger partial charge on any atom is 0.182 e. The minimum Gasteiger partial charge on any atom is -0.491 e. The van der Waals surface area contributed by atoms with Gasteiger partial charge in [-0.25, -0.2) is 0 Å². The van der Waals surface area contributed by atoms with Gasteiger partial charge in [0.1, 0.15) is 12.4 Å². The van der Waals surface area contributed by atoms with E-state index in [1.807, 2.05) is 25.1 Å². The maximum absolute atomic E-state index is 8.26. The molecule has 17 heavy (non-hydrogen) atoms. The first-order valence-corrected chi connectivity index (χ1v) is 5.50. The number of aliphatic imine (C=N–C) groups is 1. The number of ether oxygens (including phenoxy) is 1. The van der Waals surface area contributed by atoms with Crippen molar-refractivity contribution in [3.63, 3.8) is 0 Å². The molecule has 1 aromatic rings. The number of nitrogens with zero attached hydrogens (tertiary/aromatic N) is 2. The summed E-state index contributed by atoms with van der Waals surface area (Å²) in [5.41, 5.74) is 2.46. The Labute approximate surface area is 102 Å². The molecule has 0 fully saturated rings. The van der Waals surface area contributed by atoms with Gasteiger partial charge in [0.05, 0.1) is 12.4 Å². The van der Waals surface area contributed by atoms with E-state index < -0.39 is 0 Å². The summed E-state index contributed by atoms with van der Waals surface area (Å²) in [5, 5.41) is 10.6. The SMILES string of the molecule is Cc1ccc(OC[C@H](C)N=CNC#N)cc1C. The maximum atomic E-state index is 8.26. The molecule has 0 aliphatic carbocycles. The molecule has 1 rings (SSSR count). The minimum absolute atomic E-state index is 0.0115. The molecular formula is C13H17N3O. The fourth-order valence-electron chi connectivity index (χ4n) is 1.26. The van der Waals surface area contributed by atoms with Gasteiger partial charge in [-0.3, -0.25) is 10.3 Å². The number of nitriles is 1. The van der Waals surface area contributed by atoms with E-state index in [1.54, 1.807) is 6.19 Å². The van der Waals surface area contributed by atoms with Crippen molar-refractivity contribution in [2.45, 2.75) is 26.8 Å². The number of benzene rings is 1. The van der Waals surface area contributed by atoms with Crippen molar-refractivity contribution in [1.29, 1.82) is 5.26 Å². The molecule has 0 aromatic heterocycles. The number of hydrogen-bond donors (Lipinski definition) is 1. The van der Waals surface area contributed by atoms with Gasteiger partial charge in [-0.05, 0) is 44.0 Å². The molecule has 0 saturated carbocycles. The van der Waals surface area contributed by atoms with Crippen molar-refractivity contribution in [1.82, 2.24) is 5.32 Å². The summed E-state index contributed by atoms with van der Waals surface area (Å²) in [6.07, 6.45) is 3.15. The minimum atomic E-state index is 0.0115. The van der Waals surface area contributed by atoms with Crippen LogP contribution in [0.3, 0.4) is 0 Å². The zero-order valence-electron chi connectivity index (χ0n) is 10.4. The molecule has 0 bridgehead atoms. The lowest BCUT2D eigenvalue weighted by Gasteiger charge is -2.10. The van der Waals surface area contributed by atoms with Crippen LogP contribution in [0.4, 0.5) is 0 Å². The largest absolute Gasteiger partial charge is 0.491 e. The van der Waals surface area contributed by atoms with Crippen molar-refractivity contribution in [2.75, 3.05) is 6.61 Å². The van der Waals surface area contributed by atoms with Crippen LogP contribution in [0.2, 0.25) is 0 Å². The zero-order chi connectivity index (χ0) is 12.7. The molecule has 0 saturated heterocycles. The quantitative estimate of drug-likeness (QED) is 0.365. The van der Waals surface area contributed by atoms with Gasteiger partial charge in [0.15, 0.2) is 6.19 Å². The lowest BCUT2D eigenvalue weighted by atomic mass is 10.1. The molecule has 1 N–H and O–H groups in total. The number of rotatable bonds is 5. The lowest BCUT2D eigenvalue weighted by molar-refractivity contribution is 0.297. The van der Waals surface area contributed by atoms with Crippen molar-refractivity contribution >= 4 is 6.34 Å². The summed E-state index contributed by atoms with van der Waals surface area (Å²) in [4.78, 5) is 4.09. The molecule has 4 nitrogen and oxygen atoms in total. The first-order valence-electron chi connectivity index (χ1n) is 5.50. The molecule has 90 valence electrons. The Balaban J connectivity index is 2.45. The Kier molecular flexibility index (Phi) is 5.02. The van der Waals surface area contributed by atoms with Crippen LogP contribution in [0.25, 0.3) is 0 Å². The number of nitrogens with one attached hydrogen (secondary N) is 1. The predicted molar refractivity (Wildman–Crippen MR) is 68.1 cm³/mol. The van der Waals surface area contributed by atoms with Gasteiger partial charge >= 0.3 is 0 Å². The van der Waals surface area contributed by atoms with Crippen molar-refractivity contribution in [3.8, 4) is 11.9 Å². The summed E-state index contributed by atoms with van der Waals surface area (Å²) < 4.78 is 5.61. The Bertz CT molecular complexity index is 435. The first kappa shape index (κ1) is 13.0. The average Bonchev–Trinajstić information content (AvgIpc) is 2.31. The molecular weight excluding hydrogens is 214 g/mol. The van der Waals surface area contributed by atoms with E-state index in [0.29, 0.717) is 6.61 Å². The Morgan fingerprint density at radius 1 is 1.47 bits per heavy atom. The van der Waals surface area contributed by atoms with Gasteiger partial charge in [-0.1, -0.05) is 6.07 Å². The third-order valence-corrected chi connectivity index (χ3v) is 2.43. The van der Waals surface area contributed by atoms with Crippen LogP contribution >= 0.6 is 0 Å². The van der Waals surface area contributed by atoms with Crippen LogP contribution in [0.5, 0.6) is 5.75 Å². The van der Waals surface area contributed by atoms with Crippen LogP contribution in [0.15, 0.2) is 23.2 Å². The molecule has 0 aliphatic heterocycles. The molecule has 1 atom stereocenters. The van der Waals surface area contributed by atoms with Crippen LogP contribution in [0.1, 0.15) is 18.1 Å². The average molecular weight is 231 g/mol. The number of hydrogen-bond acceptors (Lipinski definition) is 3. The summed E-state index contributed by atoms with van der Waals surface area (Å²) in [5.74, 6) is 0.850. The highest BCUT2D eigenvalue weighted by atomic mass is 16.5.